The predicted molar refractivity (Wildman–Crippen MR) is 183 cm³/mol. The first-order chi connectivity index (χ1) is 22.5. The highest BCUT2D eigenvalue weighted by Gasteiger charge is 2.23. The lowest BCUT2D eigenvalue weighted by Crippen LogP contribution is -2.48. The zero-order chi connectivity index (χ0) is 32.1. The summed E-state index contributed by atoms with van der Waals surface area (Å²) in [6.07, 6.45) is 2.91. The van der Waals surface area contributed by atoms with Crippen LogP contribution in [0.5, 0.6) is 5.75 Å². The third-order valence-corrected chi connectivity index (χ3v) is 8.10. The molecule has 0 aliphatic heterocycles. The minimum atomic E-state index is -0.777. The second-order valence-electron chi connectivity index (χ2n) is 11.4. The molecular formula is C39H39N3O4. The molecule has 5 aromatic carbocycles. The van der Waals surface area contributed by atoms with Crippen LogP contribution in [-0.2, 0) is 4.79 Å². The molecule has 7 heteroatoms. The van der Waals surface area contributed by atoms with Crippen molar-refractivity contribution in [1.82, 2.24) is 10.6 Å². The van der Waals surface area contributed by atoms with E-state index >= 15 is 0 Å². The highest BCUT2D eigenvalue weighted by molar-refractivity contribution is 6.00. The number of phenols is 1. The van der Waals surface area contributed by atoms with Gasteiger partial charge in [0.2, 0.25) is 5.91 Å². The monoisotopic (exact) mass is 613 g/mol. The number of fused-ring (bicyclic) bond motifs is 1. The van der Waals surface area contributed by atoms with Crippen molar-refractivity contribution in [3.05, 3.63) is 144 Å². The van der Waals surface area contributed by atoms with Gasteiger partial charge >= 0.3 is 6.03 Å². The van der Waals surface area contributed by atoms with E-state index in [0.717, 1.165) is 28.3 Å². The van der Waals surface area contributed by atoms with E-state index in [1.165, 1.54) is 12.1 Å². The number of hydrogen-bond donors (Lipinski definition) is 4. The maximum absolute atomic E-state index is 13.6. The van der Waals surface area contributed by atoms with Gasteiger partial charge in [-0.25, -0.2) is 4.79 Å². The van der Waals surface area contributed by atoms with Crippen molar-refractivity contribution in [2.75, 3.05) is 11.9 Å². The smallest absolute Gasteiger partial charge is 0.319 e. The molecule has 0 radical (unpaired) electrons. The summed E-state index contributed by atoms with van der Waals surface area (Å²) in [6.45, 7) is 0.366. The molecule has 1 unspecified atom stereocenters. The Morgan fingerprint density at radius 1 is 0.652 bits per heavy atom. The molecule has 0 spiro atoms. The number of urea groups is 1. The van der Waals surface area contributed by atoms with Crippen LogP contribution in [0, 0.1) is 0 Å². The number of anilines is 1. The van der Waals surface area contributed by atoms with E-state index < -0.39 is 12.1 Å². The lowest BCUT2D eigenvalue weighted by atomic mass is 9.91. The number of hydrogen-bond acceptors (Lipinski definition) is 4. The Bertz CT molecular complexity index is 1700. The number of nitrogens with one attached hydrogen (secondary N) is 3. The first kappa shape index (κ1) is 32.0. The van der Waals surface area contributed by atoms with Gasteiger partial charge in [0, 0.05) is 30.1 Å². The molecule has 0 aliphatic rings. The van der Waals surface area contributed by atoms with Crippen molar-refractivity contribution in [2.45, 2.75) is 44.1 Å². The Hall–Kier alpha value is -5.43. The number of unbranched alkanes of at least 4 members (excludes halogenated alkanes) is 2. The third kappa shape index (κ3) is 9.05. The number of Topliss-reactive ketones (excluding diaryl/α,β-unsaturated/α-hetero) is 1. The predicted octanol–water partition coefficient (Wildman–Crippen LogP) is 7.82. The molecule has 0 saturated carbocycles. The van der Waals surface area contributed by atoms with Crippen molar-refractivity contribution in [1.29, 1.82) is 0 Å². The summed E-state index contributed by atoms with van der Waals surface area (Å²) in [5, 5.41) is 20.4. The SMILES string of the molecule is O=C(Nc1ccc(O)cc1)NC(CCCCCC(=O)c1ccc2ccccc2c1)C(=O)NCC(c1ccccc1)c1ccccc1. The molecule has 1 atom stereocenters. The lowest BCUT2D eigenvalue weighted by Gasteiger charge is -2.22. The van der Waals surface area contributed by atoms with E-state index in [-0.39, 0.29) is 23.4 Å². The van der Waals surface area contributed by atoms with Gasteiger partial charge in [0.05, 0.1) is 0 Å². The normalized spacial score (nSPS) is 11.6. The highest BCUT2D eigenvalue weighted by atomic mass is 16.3. The molecule has 46 heavy (non-hydrogen) atoms. The van der Waals surface area contributed by atoms with Gasteiger partial charge in [0.1, 0.15) is 11.8 Å². The Morgan fingerprint density at radius 2 is 1.28 bits per heavy atom. The van der Waals surface area contributed by atoms with Crippen LogP contribution in [0.3, 0.4) is 0 Å². The zero-order valence-electron chi connectivity index (χ0n) is 25.7. The van der Waals surface area contributed by atoms with Gasteiger partial charge < -0.3 is 21.1 Å². The minimum Gasteiger partial charge on any atom is -0.508 e. The molecule has 7 nitrogen and oxygen atoms in total. The quantitative estimate of drug-likeness (QED) is 0.0582. The minimum absolute atomic E-state index is 0.0565. The molecular weight excluding hydrogens is 574 g/mol. The number of carbonyl (C=O) groups excluding carboxylic acids is 3. The highest BCUT2D eigenvalue weighted by Crippen LogP contribution is 2.24. The van der Waals surface area contributed by atoms with Crippen LogP contribution in [0.1, 0.15) is 59.5 Å². The first-order valence-corrected chi connectivity index (χ1v) is 15.7. The maximum Gasteiger partial charge on any atom is 0.319 e. The summed E-state index contributed by atoms with van der Waals surface area (Å²) in [4.78, 5) is 39.3. The number of rotatable bonds is 14. The molecule has 0 aromatic heterocycles. The topological polar surface area (TPSA) is 108 Å². The number of ketones is 1. The van der Waals surface area contributed by atoms with Crippen LogP contribution in [0.25, 0.3) is 10.8 Å². The van der Waals surface area contributed by atoms with E-state index in [9.17, 15) is 19.5 Å². The second-order valence-corrected chi connectivity index (χ2v) is 11.4. The fraction of sp³-hybridized carbons (Fsp3) is 0.205. The van der Waals surface area contributed by atoms with Gasteiger partial charge in [-0.05, 0) is 65.1 Å². The summed E-state index contributed by atoms with van der Waals surface area (Å²) in [5.41, 5.74) is 3.36. The average Bonchev–Trinajstić information content (AvgIpc) is 3.09. The largest absolute Gasteiger partial charge is 0.508 e. The van der Waals surface area contributed by atoms with Gasteiger partial charge in [-0.1, -0.05) is 110 Å². The van der Waals surface area contributed by atoms with Gasteiger partial charge in [0.15, 0.2) is 5.78 Å². The summed E-state index contributed by atoms with van der Waals surface area (Å²) >= 11 is 0. The van der Waals surface area contributed by atoms with Crippen LogP contribution < -0.4 is 16.0 Å². The van der Waals surface area contributed by atoms with Crippen molar-refractivity contribution < 1.29 is 19.5 Å². The molecule has 0 aliphatic carbocycles. The third-order valence-electron chi connectivity index (χ3n) is 8.10. The van der Waals surface area contributed by atoms with Crippen molar-refractivity contribution in [2.24, 2.45) is 0 Å². The summed E-state index contributed by atoms with van der Waals surface area (Å²) < 4.78 is 0. The van der Waals surface area contributed by atoms with Crippen LogP contribution in [0.2, 0.25) is 0 Å². The Labute approximate surface area is 269 Å². The Morgan fingerprint density at radius 3 is 1.96 bits per heavy atom. The number of benzene rings is 5. The summed E-state index contributed by atoms with van der Waals surface area (Å²) in [5.74, 6) is -0.142. The molecule has 0 saturated heterocycles. The average molecular weight is 614 g/mol. The molecule has 0 bridgehead atoms. The van der Waals surface area contributed by atoms with Gasteiger partial charge in [0.25, 0.3) is 0 Å². The maximum atomic E-state index is 13.6. The molecule has 5 aromatic rings. The molecule has 234 valence electrons. The van der Waals surface area contributed by atoms with Crippen molar-refractivity contribution in [3.63, 3.8) is 0 Å². The van der Waals surface area contributed by atoms with E-state index in [1.54, 1.807) is 12.1 Å². The van der Waals surface area contributed by atoms with Gasteiger partial charge in [-0.15, -0.1) is 0 Å². The van der Waals surface area contributed by atoms with Crippen LogP contribution in [-0.4, -0.2) is 35.4 Å². The lowest BCUT2D eigenvalue weighted by molar-refractivity contribution is -0.123. The Balaban J connectivity index is 1.19. The molecule has 4 N–H and O–H groups in total. The van der Waals surface area contributed by atoms with Crippen molar-refractivity contribution in [3.8, 4) is 5.75 Å². The van der Waals surface area contributed by atoms with Crippen LogP contribution >= 0.6 is 0 Å². The van der Waals surface area contributed by atoms with Crippen LogP contribution in [0.15, 0.2) is 127 Å². The standard InChI is InChI=1S/C39H39N3O4/c43-34-24-22-33(23-25-34)41-39(46)42-36(18-8-3-9-19-37(44)32-21-20-28-12-10-11-17-31(28)26-32)38(45)40-27-35(29-13-4-1-5-14-29)30-15-6-2-7-16-30/h1-2,4-7,10-17,20-26,35-36,43H,3,8-9,18-19,27H2,(H,40,45)(H2,41,42,46). The van der Waals surface area contributed by atoms with E-state index in [0.29, 0.717) is 43.5 Å². The van der Waals surface area contributed by atoms with Gasteiger partial charge in [-0.2, -0.15) is 0 Å². The van der Waals surface area contributed by atoms with E-state index in [4.69, 9.17) is 0 Å². The number of amides is 3. The summed E-state index contributed by atoms with van der Waals surface area (Å²) in [7, 11) is 0. The first-order valence-electron chi connectivity index (χ1n) is 15.7. The molecule has 5 rings (SSSR count). The molecule has 0 heterocycles. The molecule has 0 fully saturated rings. The fourth-order valence-corrected chi connectivity index (χ4v) is 5.58. The molecule has 3 amide bonds. The number of phenolic OH excluding ortho intramolecular Hbond substituents is 1. The zero-order valence-corrected chi connectivity index (χ0v) is 25.7. The van der Waals surface area contributed by atoms with Crippen molar-refractivity contribution >= 4 is 34.2 Å². The van der Waals surface area contributed by atoms with Crippen LogP contribution in [0.4, 0.5) is 10.5 Å². The summed E-state index contributed by atoms with van der Waals surface area (Å²) in [6, 6.07) is 38.6. The van der Waals surface area contributed by atoms with E-state index in [1.807, 2.05) is 103 Å². The fourth-order valence-electron chi connectivity index (χ4n) is 5.58. The number of aromatic hydroxyl groups is 1. The second kappa shape index (κ2) is 16.0. The van der Waals surface area contributed by atoms with E-state index in [2.05, 4.69) is 16.0 Å². The number of carbonyl (C=O) groups is 3. The Kier molecular flexibility index (Phi) is 11.2. The van der Waals surface area contributed by atoms with Gasteiger partial charge in [-0.3, -0.25) is 9.59 Å².